The van der Waals surface area contributed by atoms with Gasteiger partial charge in [0.2, 0.25) is 5.91 Å². The van der Waals surface area contributed by atoms with Gasteiger partial charge in [-0.3, -0.25) is 9.78 Å². The van der Waals surface area contributed by atoms with Crippen LogP contribution >= 0.6 is 0 Å². The first kappa shape index (κ1) is 15.1. The van der Waals surface area contributed by atoms with Crippen molar-refractivity contribution >= 4 is 11.7 Å². The lowest BCUT2D eigenvalue weighted by Crippen LogP contribution is -2.29. The standard InChI is InChI=1S/C16H19N3O2/c1-16(2,3)15(21)19-14-12(17-9-10-18-14)13(20)11-7-5-4-6-8-11/h4-10,13,20H,1-3H3,(H,18,19,21). The molecule has 21 heavy (non-hydrogen) atoms. The molecule has 2 rings (SSSR count). The molecule has 1 atom stereocenters. The minimum absolute atomic E-state index is 0.176. The number of rotatable bonds is 3. The fourth-order valence-corrected chi connectivity index (χ4v) is 1.73. The molecular weight excluding hydrogens is 266 g/mol. The Morgan fingerprint density at radius 2 is 1.76 bits per heavy atom. The first-order chi connectivity index (χ1) is 9.89. The van der Waals surface area contributed by atoms with E-state index in [1.807, 2.05) is 39.0 Å². The lowest BCUT2D eigenvalue weighted by molar-refractivity contribution is -0.123. The predicted molar refractivity (Wildman–Crippen MR) is 80.6 cm³/mol. The number of carbonyl (C=O) groups is 1. The summed E-state index contributed by atoms with van der Waals surface area (Å²) in [6.07, 6.45) is 2.04. The summed E-state index contributed by atoms with van der Waals surface area (Å²) in [5.74, 6) is 0.110. The minimum atomic E-state index is -0.935. The summed E-state index contributed by atoms with van der Waals surface area (Å²) >= 11 is 0. The number of amides is 1. The van der Waals surface area contributed by atoms with Gasteiger partial charge < -0.3 is 10.4 Å². The van der Waals surface area contributed by atoms with Crippen LogP contribution in [0.3, 0.4) is 0 Å². The smallest absolute Gasteiger partial charge is 0.230 e. The molecule has 1 unspecified atom stereocenters. The maximum Gasteiger partial charge on any atom is 0.230 e. The number of nitrogens with one attached hydrogen (secondary N) is 1. The number of aromatic nitrogens is 2. The van der Waals surface area contributed by atoms with Gasteiger partial charge in [0.1, 0.15) is 11.8 Å². The van der Waals surface area contributed by atoms with Crippen molar-refractivity contribution in [2.24, 2.45) is 5.41 Å². The molecule has 0 aliphatic carbocycles. The molecule has 0 spiro atoms. The third-order valence-corrected chi connectivity index (χ3v) is 3.01. The predicted octanol–water partition coefficient (Wildman–Crippen LogP) is 2.54. The summed E-state index contributed by atoms with van der Waals surface area (Å²) in [6.45, 7) is 5.43. The van der Waals surface area contributed by atoms with Gasteiger partial charge in [0.15, 0.2) is 5.82 Å². The molecule has 0 saturated carbocycles. The second kappa shape index (κ2) is 6.01. The van der Waals surface area contributed by atoms with Crippen LogP contribution in [-0.2, 0) is 4.79 Å². The van der Waals surface area contributed by atoms with Gasteiger partial charge in [-0.1, -0.05) is 51.1 Å². The Morgan fingerprint density at radius 3 is 2.38 bits per heavy atom. The van der Waals surface area contributed by atoms with E-state index in [1.165, 1.54) is 12.4 Å². The second-order valence-corrected chi connectivity index (χ2v) is 5.81. The first-order valence-electron chi connectivity index (χ1n) is 6.75. The lowest BCUT2D eigenvalue weighted by atomic mass is 9.95. The quantitative estimate of drug-likeness (QED) is 0.908. The van der Waals surface area contributed by atoms with Crippen LogP contribution in [0.5, 0.6) is 0 Å². The Kier molecular flexibility index (Phi) is 4.33. The van der Waals surface area contributed by atoms with Crippen LogP contribution in [-0.4, -0.2) is 21.0 Å². The molecule has 1 heterocycles. The van der Waals surface area contributed by atoms with Crippen molar-refractivity contribution in [1.82, 2.24) is 9.97 Å². The third kappa shape index (κ3) is 3.64. The van der Waals surface area contributed by atoms with Crippen molar-refractivity contribution < 1.29 is 9.90 Å². The van der Waals surface area contributed by atoms with Gasteiger partial charge in [-0.2, -0.15) is 0 Å². The number of aliphatic hydroxyl groups is 1. The Hall–Kier alpha value is -2.27. The molecule has 2 aromatic rings. The number of hydrogen-bond donors (Lipinski definition) is 2. The van der Waals surface area contributed by atoms with Gasteiger partial charge in [0.05, 0.1) is 0 Å². The van der Waals surface area contributed by atoms with E-state index >= 15 is 0 Å². The van der Waals surface area contributed by atoms with Gasteiger partial charge in [-0.15, -0.1) is 0 Å². The van der Waals surface area contributed by atoms with Crippen molar-refractivity contribution in [3.63, 3.8) is 0 Å². The molecule has 0 bridgehead atoms. The number of aliphatic hydroxyl groups excluding tert-OH is 1. The number of anilines is 1. The fourth-order valence-electron chi connectivity index (χ4n) is 1.73. The zero-order chi connectivity index (χ0) is 15.5. The first-order valence-corrected chi connectivity index (χ1v) is 6.75. The maximum atomic E-state index is 12.1. The van der Waals surface area contributed by atoms with E-state index in [4.69, 9.17) is 0 Å². The molecule has 1 aromatic carbocycles. The molecule has 0 fully saturated rings. The van der Waals surface area contributed by atoms with E-state index in [9.17, 15) is 9.90 Å². The Bertz CT molecular complexity index is 621. The molecular formula is C16H19N3O2. The molecule has 5 nitrogen and oxygen atoms in total. The summed E-state index contributed by atoms with van der Waals surface area (Å²) in [5, 5.41) is 13.2. The summed E-state index contributed by atoms with van der Waals surface area (Å²) < 4.78 is 0. The van der Waals surface area contributed by atoms with Crippen molar-refractivity contribution in [1.29, 1.82) is 0 Å². The van der Waals surface area contributed by atoms with E-state index in [1.54, 1.807) is 12.1 Å². The van der Waals surface area contributed by atoms with Crippen molar-refractivity contribution in [3.8, 4) is 0 Å². The van der Waals surface area contributed by atoms with Gasteiger partial charge >= 0.3 is 0 Å². The topological polar surface area (TPSA) is 75.1 Å². The molecule has 1 aromatic heterocycles. The Labute approximate surface area is 124 Å². The van der Waals surface area contributed by atoms with Crippen LogP contribution in [0, 0.1) is 5.41 Å². The average Bonchev–Trinajstić information content (AvgIpc) is 2.47. The maximum absolute atomic E-state index is 12.1. The van der Waals surface area contributed by atoms with E-state index in [-0.39, 0.29) is 11.7 Å². The highest BCUT2D eigenvalue weighted by atomic mass is 16.3. The molecule has 5 heteroatoms. The normalized spacial score (nSPS) is 12.8. The van der Waals surface area contributed by atoms with Gasteiger partial charge in [-0.25, -0.2) is 4.98 Å². The van der Waals surface area contributed by atoms with Crippen LogP contribution in [0.4, 0.5) is 5.82 Å². The van der Waals surface area contributed by atoms with Crippen molar-refractivity contribution in [3.05, 3.63) is 54.0 Å². The number of carbonyl (C=O) groups excluding carboxylic acids is 1. The average molecular weight is 285 g/mol. The van der Waals surface area contributed by atoms with Crippen molar-refractivity contribution in [2.45, 2.75) is 26.9 Å². The van der Waals surface area contributed by atoms with Gasteiger partial charge in [0, 0.05) is 17.8 Å². The fraction of sp³-hybridized carbons (Fsp3) is 0.312. The van der Waals surface area contributed by atoms with E-state index in [0.717, 1.165) is 0 Å². The zero-order valence-electron chi connectivity index (χ0n) is 12.4. The van der Waals surface area contributed by atoms with Crippen LogP contribution < -0.4 is 5.32 Å². The molecule has 110 valence electrons. The molecule has 0 aliphatic heterocycles. The number of nitrogens with zero attached hydrogens (tertiary/aromatic N) is 2. The highest BCUT2D eigenvalue weighted by Gasteiger charge is 2.24. The van der Waals surface area contributed by atoms with E-state index in [2.05, 4.69) is 15.3 Å². The summed E-state index contributed by atoms with van der Waals surface area (Å²) in [7, 11) is 0. The minimum Gasteiger partial charge on any atom is -0.382 e. The highest BCUT2D eigenvalue weighted by Crippen LogP contribution is 2.26. The summed E-state index contributed by atoms with van der Waals surface area (Å²) in [5.41, 5.74) is 0.484. The van der Waals surface area contributed by atoms with E-state index < -0.39 is 11.5 Å². The summed E-state index contributed by atoms with van der Waals surface area (Å²) in [4.78, 5) is 20.4. The third-order valence-electron chi connectivity index (χ3n) is 3.01. The monoisotopic (exact) mass is 285 g/mol. The van der Waals surface area contributed by atoms with Crippen LogP contribution in [0.2, 0.25) is 0 Å². The van der Waals surface area contributed by atoms with E-state index in [0.29, 0.717) is 11.3 Å². The van der Waals surface area contributed by atoms with Crippen LogP contribution in [0.25, 0.3) is 0 Å². The Morgan fingerprint density at radius 1 is 1.14 bits per heavy atom. The lowest BCUT2D eigenvalue weighted by Gasteiger charge is -2.19. The molecule has 0 aliphatic rings. The molecule has 1 amide bonds. The second-order valence-electron chi connectivity index (χ2n) is 5.81. The molecule has 0 saturated heterocycles. The molecule has 0 radical (unpaired) electrons. The Balaban J connectivity index is 2.31. The number of hydrogen-bond acceptors (Lipinski definition) is 4. The number of benzene rings is 1. The zero-order valence-corrected chi connectivity index (χ0v) is 12.4. The summed E-state index contributed by atoms with van der Waals surface area (Å²) in [6, 6.07) is 9.14. The molecule has 2 N–H and O–H groups in total. The van der Waals surface area contributed by atoms with Gasteiger partial charge in [-0.05, 0) is 5.56 Å². The van der Waals surface area contributed by atoms with Gasteiger partial charge in [0.25, 0.3) is 0 Å². The van der Waals surface area contributed by atoms with Crippen LogP contribution in [0.1, 0.15) is 38.1 Å². The van der Waals surface area contributed by atoms with Crippen LogP contribution in [0.15, 0.2) is 42.7 Å². The highest BCUT2D eigenvalue weighted by molar-refractivity contribution is 5.94. The largest absolute Gasteiger partial charge is 0.382 e. The SMILES string of the molecule is CC(C)(C)C(=O)Nc1nccnc1C(O)c1ccccc1. The van der Waals surface area contributed by atoms with Crippen molar-refractivity contribution in [2.75, 3.05) is 5.32 Å².